The number of aromatic nitrogens is 2. The van der Waals surface area contributed by atoms with Crippen molar-refractivity contribution >= 4 is 55.0 Å². The lowest BCUT2D eigenvalue weighted by Gasteiger charge is -2.16. The zero-order chi connectivity index (χ0) is 33.8. The minimum Gasteiger partial charge on any atom is -0.318 e. The van der Waals surface area contributed by atoms with Crippen LogP contribution in [0, 0.1) is 24.5 Å². The van der Waals surface area contributed by atoms with Gasteiger partial charge in [0.05, 0.1) is 52.5 Å². The molecule has 5 heteroatoms. The van der Waals surface area contributed by atoms with Gasteiger partial charge in [0.1, 0.15) is 0 Å². The molecule has 2 aromatic heterocycles. The highest BCUT2D eigenvalue weighted by Gasteiger charge is 2.19. The summed E-state index contributed by atoms with van der Waals surface area (Å²) in [5, 5.41) is 14.0. The molecule has 0 saturated heterocycles. The molecule has 50 heavy (non-hydrogen) atoms. The Bertz CT molecular complexity index is 2900. The van der Waals surface area contributed by atoms with Crippen molar-refractivity contribution in [2.45, 2.75) is 0 Å². The third kappa shape index (κ3) is 4.38. The van der Waals surface area contributed by atoms with Gasteiger partial charge in [0, 0.05) is 21.8 Å². The fourth-order valence-electron chi connectivity index (χ4n) is 7.35. The van der Waals surface area contributed by atoms with Crippen LogP contribution >= 0.6 is 0 Å². The van der Waals surface area contributed by atoms with E-state index in [-0.39, 0.29) is 0 Å². The molecule has 0 saturated carbocycles. The van der Waals surface area contributed by atoms with Crippen LogP contribution in [0.5, 0.6) is 0 Å². The van der Waals surface area contributed by atoms with Gasteiger partial charge in [-0.1, -0.05) is 103 Å². The van der Waals surface area contributed by atoms with Crippen LogP contribution in [0.25, 0.3) is 86.9 Å². The first-order chi connectivity index (χ1) is 24.7. The highest BCUT2D eigenvalue weighted by Crippen LogP contribution is 2.41. The second kappa shape index (κ2) is 11.4. The van der Waals surface area contributed by atoms with Gasteiger partial charge < -0.3 is 9.13 Å². The van der Waals surface area contributed by atoms with Crippen LogP contribution in [0.4, 0.5) is 11.4 Å². The first-order valence-corrected chi connectivity index (χ1v) is 16.2. The van der Waals surface area contributed by atoms with E-state index in [1.54, 1.807) is 0 Å². The quantitative estimate of drug-likeness (QED) is 0.177. The summed E-state index contributed by atoms with van der Waals surface area (Å²) in [5.41, 5.74) is 11.8. The van der Waals surface area contributed by atoms with Crippen molar-refractivity contribution in [3.05, 3.63) is 180 Å². The van der Waals surface area contributed by atoms with E-state index < -0.39 is 0 Å². The molecule has 2 heterocycles. The number of hydrogen-bond acceptors (Lipinski definition) is 1. The predicted octanol–water partition coefficient (Wildman–Crippen LogP) is 12.2. The van der Waals surface area contributed by atoms with Crippen LogP contribution in [0.1, 0.15) is 5.56 Å². The third-order valence-electron chi connectivity index (χ3n) is 9.58. The van der Waals surface area contributed by atoms with Gasteiger partial charge in [-0.2, -0.15) is 5.26 Å². The molecule has 9 aromatic rings. The summed E-state index contributed by atoms with van der Waals surface area (Å²) in [6.45, 7) is 15.7. The zero-order valence-corrected chi connectivity index (χ0v) is 26.7. The fraction of sp³-hybridized carbons (Fsp3) is 0. The van der Waals surface area contributed by atoms with E-state index in [1.165, 1.54) is 0 Å². The topological polar surface area (TPSA) is 42.4 Å². The largest absolute Gasteiger partial charge is 0.318 e. The van der Waals surface area contributed by atoms with Crippen LogP contribution in [-0.4, -0.2) is 9.13 Å². The summed E-state index contributed by atoms with van der Waals surface area (Å²) < 4.78 is 4.40. The van der Waals surface area contributed by atoms with Crippen LogP contribution in [0.2, 0.25) is 0 Å². The molecule has 0 aliphatic heterocycles. The summed E-state index contributed by atoms with van der Waals surface area (Å²) in [6.07, 6.45) is 0. The van der Waals surface area contributed by atoms with E-state index in [0.717, 1.165) is 77.2 Å². The Morgan fingerprint density at radius 2 is 1.16 bits per heavy atom. The van der Waals surface area contributed by atoms with Crippen molar-refractivity contribution in [2.24, 2.45) is 0 Å². The van der Waals surface area contributed by atoms with Crippen molar-refractivity contribution < 1.29 is 0 Å². The maximum Gasteiger partial charge on any atom is 0.211 e. The second-order valence-electron chi connectivity index (χ2n) is 12.3. The first kappa shape index (κ1) is 28.8. The molecule has 0 fully saturated rings. The van der Waals surface area contributed by atoms with Crippen LogP contribution in [-0.2, 0) is 0 Å². The lowest BCUT2D eigenvalue weighted by molar-refractivity contribution is 1.18. The summed E-state index contributed by atoms with van der Waals surface area (Å²) in [7, 11) is 0. The van der Waals surface area contributed by atoms with Gasteiger partial charge in [-0.15, -0.1) is 0 Å². The molecule has 0 unspecified atom stereocenters. The summed E-state index contributed by atoms with van der Waals surface area (Å²) in [6, 6.07) is 53.4. The molecular formula is C45H25N5. The van der Waals surface area contributed by atoms with Crippen LogP contribution in [0.3, 0.4) is 0 Å². The van der Waals surface area contributed by atoms with Crippen molar-refractivity contribution in [1.82, 2.24) is 9.13 Å². The van der Waals surface area contributed by atoms with E-state index in [2.05, 4.69) is 116 Å². The second-order valence-corrected chi connectivity index (χ2v) is 12.3. The number of nitriles is 1. The fourth-order valence-corrected chi connectivity index (χ4v) is 7.35. The molecular weight excluding hydrogens is 611 g/mol. The number of hydrogen-bond donors (Lipinski definition) is 0. The third-order valence-corrected chi connectivity index (χ3v) is 9.58. The summed E-state index contributed by atoms with van der Waals surface area (Å²) in [4.78, 5) is 7.64. The van der Waals surface area contributed by atoms with Gasteiger partial charge in [0.25, 0.3) is 0 Å². The molecule has 5 nitrogen and oxygen atoms in total. The molecule has 7 aromatic carbocycles. The SMILES string of the molecule is [C-]#[N+]c1ccc2c(c1)c1ccc(C#N)cc1n2-c1cccc(-c2ccc(-c3cccc([N+]#[C-])c3-n3c4ccccc4c4ccccc43)cc2)c1. The minimum absolute atomic E-state index is 0.581. The van der Waals surface area contributed by atoms with E-state index in [4.69, 9.17) is 13.1 Å². The Balaban J connectivity index is 1.17. The van der Waals surface area contributed by atoms with Gasteiger partial charge in [-0.3, -0.25) is 0 Å². The lowest BCUT2D eigenvalue weighted by Crippen LogP contribution is -1.98. The van der Waals surface area contributed by atoms with Crippen molar-refractivity contribution in [3.8, 4) is 39.7 Å². The molecule has 230 valence electrons. The Morgan fingerprint density at radius 3 is 1.88 bits per heavy atom. The molecule has 0 bridgehead atoms. The Hall–Kier alpha value is -7.39. The smallest absolute Gasteiger partial charge is 0.211 e. The van der Waals surface area contributed by atoms with Gasteiger partial charge in [-0.25, -0.2) is 9.69 Å². The first-order valence-electron chi connectivity index (χ1n) is 16.2. The van der Waals surface area contributed by atoms with E-state index >= 15 is 0 Å². The number of benzene rings is 7. The monoisotopic (exact) mass is 635 g/mol. The molecule has 0 amide bonds. The van der Waals surface area contributed by atoms with Crippen molar-refractivity contribution in [3.63, 3.8) is 0 Å². The van der Waals surface area contributed by atoms with Crippen molar-refractivity contribution in [1.29, 1.82) is 5.26 Å². The Labute approximate surface area is 288 Å². The normalized spacial score (nSPS) is 11.1. The highest BCUT2D eigenvalue weighted by atomic mass is 15.0. The van der Waals surface area contributed by atoms with Crippen molar-refractivity contribution in [2.75, 3.05) is 0 Å². The molecule has 0 atom stereocenters. The predicted molar refractivity (Wildman–Crippen MR) is 203 cm³/mol. The average molecular weight is 636 g/mol. The molecule has 0 aliphatic carbocycles. The number of nitrogens with zero attached hydrogens (tertiary/aromatic N) is 5. The standard InChI is InChI=1S/C45H25N5/c1-47-33-22-24-43-39(27-33)38-23-17-29(28-46)25-44(38)49(43)34-10-7-9-32(26-34)30-18-20-31(21-19-30)35-13-8-14-40(48-2)45(35)50-41-15-5-3-11-36(41)37-12-4-6-16-42(37)50/h3-27H. The number of para-hydroxylation sites is 3. The van der Waals surface area contributed by atoms with Gasteiger partial charge >= 0.3 is 0 Å². The Morgan fingerprint density at radius 1 is 0.480 bits per heavy atom. The van der Waals surface area contributed by atoms with Crippen LogP contribution < -0.4 is 0 Å². The molecule has 0 radical (unpaired) electrons. The molecule has 0 N–H and O–H groups in total. The average Bonchev–Trinajstić information content (AvgIpc) is 3.69. The van der Waals surface area contributed by atoms with E-state index in [1.807, 2.05) is 60.7 Å². The maximum atomic E-state index is 9.69. The van der Waals surface area contributed by atoms with Gasteiger partial charge in [0.2, 0.25) is 5.69 Å². The summed E-state index contributed by atoms with van der Waals surface area (Å²) >= 11 is 0. The van der Waals surface area contributed by atoms with Crippen LogP contribution in [0.15, 0.2) is 152 Å². The highest BCUT2D eigenvalue weighted by molar-refractivity contribution is 6.11. The molecule has 9 rings (SSSR count). The summed E-state index contributed by atoms with van der Waals surface area (Å²) in [5.74, 6) is 0. The van der Waals surface area contributed by atoms with Gasteiger partial charge in [0.15, 0.2) is 5.69 Å². The van der Waals surface area contributed by atoms with E-state index in [0.29, 0.717) is 16.9 Å². The lowest BCUT2D eigenvalue weighted by atomic mass is 9.98. The molecule has 0 aliphatic rings. The zero-order valence-electron chi connectivity index (χ0n) is 26.7. The molecule has 0 spiro atoms. The van der Waals surface area contributed by atoms with Gasteiger partial charge in [-0.05, 0) is 76.2 Å². The maximum absolute atomic E-state index is 9.69. The Kier molecular flexibility index (Phi) is 6.56. The number of rotatable bonds is 4. The number of fused-ring (bicyclic) bond motifs is 6. The van der Waals surface area contributed by atoms with E-state index in [9.17, 15) is 5.26 Å². The minimum atomic E-state index is 0.581.